The van der Waals surface area contributed by atoms with E-state index in [4.69, 9.17) is 12.2 Å². The lowest BCUT2D eigenvalue weighted by atomic mass is 9.73. The molecule has 1 atom stereocenters. The van der Waals surface area contributed by atoms with E-state index >= 15 is 0 Å². The van der Waals surface area contributed by atoms with Crippen LogP contribution in [-0.2, 0) is 4.79 Å². The predicted octanol–water partition coefficient (Wildman–Crippen LogP) is 2.85. The van der Waals surface area contributed by atoms with Crippen LogP contribution in [0.3, 0.4) is 0 Å². The van der Waals surface area contributed by atoms with Gasteiger partial charge in [-0.05, 0) is 29.6 Å². The molecular formula is C16H18N2OS. The molecule has 0 aromatic heterocycles. The number of thiocarbonyl (C=S) groups is 1. The molecule has 1 aliphatic carbocycles. The molecule has 0 bridgehead atoms. The third-order valence-corrected chi connectivity index (χ3v) is 4.10. The molecule has 0 amide bonds. The van der Waals surface area contributed by atoms with Crippen LogP contribution in [0.4, 0.5) is 0 Å². The Bertz CT molecular complexity index is 604. The maximum absolute atomic E-state index is 12.6. The van der Waals surface area contributed by atoms with Gasteiger partial charge in [0.1, 0.15) is 0 Å². The van der Waals surface area contributed by atoms with Crippen molar-refractivity contribution in [1.82, 2.24) is 10.6 Å². The molecule has 1 aromatic rings. The first-order chi connectivity index (χ1) is 9.46. The molecule has 1 aromatic carbocycles. The maximum Gasteiger partial charge on any atom is 0.171 e. The topological polar surface area (TPSA) is 41.1 Å². The van der Waals surface area contributed by atoms with Crippen molar-refractivity contribution in [3.63, 3.8) is 0 Å². The monoisotopic (exact) mass is 286 g/mol. The van der Waals surface area contributed by atoms with E-state index in [1.54, 1.807) is 0 Å². The van der Waals surface area contributed by atoms with Crippen molar-refractivity contribution in [2.75, 3.05) is 0 Å². The number of rotatable bonds is 1. The zero-order valence-electron chi connectivity index (χ0n) is 11.7. The number of carbonyl (C=O) groups is 1. The summed E-state index contributed by atoms with van der Waals surface area (Å²) in [6.45, 7) is 4.25. The molecule has 2 aliphatic rings. The van der Waals surface area contributed by atoms with Crippen LogP contribution in [0.15, 0.2) is 41.6 Å². The zero-order chi connectivity index (χ0) is 14.3. The van der Waals surface area contributed by atoms with Crippen LogP contribution in [0.2, 0.25) is 0 Å². The number of hydrogen-bond donors (Lipinski definition) is 2. The summed E-state index contributed by atoms with van der Waals surface area (Å²) in [4.78, 5) is 12.6. The fraction of sp³-hybridized carbons (Fsp3) is 0.375. The first kappa shape index (κ1) is 13.3. The lowest BCUT2D eigenvalue weighted by Crippen LogP contribution is -2.48. The molecule has 0 unspecified atom stereocenters. The maximum atomic E-state index is 12.6. The van der Waals surface area contributed by atoms with Crippen molar-refractivity contribution in [2.45, 2.75) is 32.7 Å². The summed E-state index contributed by atoms with van der Waals surface area (Å²) in [6.07, 6.45) is 1.45. The van der Waals surface area contributed by atoms with Crippen molar-refractivity contribution >= 4 is 23.1 Å². The summed E-state index contributed by atoms with van der Waals surface area (Å²) >= 11 is 5.30. The van der Waals surface area contributed by atoms with Crippen LogP contribution in [-0.4, -0.2) is 10.9 Å². The van der Waals surface area contributed by atoms with E-state index in [-0.39, 0.29) is 17.2 Å². The normalized spacial score (nSPS) is 24.8. The summed E-state index contributed by atoms with van der Waals surface area (Å²) < 4.78 is 0. The van der Waals surface area contributed by atoms with Gasteiger partial charge in [0.25, 0.3) is 0 Å². The van der Waals surface area contributed by atoms with Crippen molar-refractivity contribution in [1.29, 1.82) is 0 Å². The van der Waals surface area contributed by atoms with E-state index in [1.807, 2.05) is 30.3 Å². The smallest absolute Gasteiger partial charge is 0.171 e. The lowest BCUT2D eigenvalue weighted by molar-refractivity contribution is -0.118. The van der Waals surface area contributed by atoms with Crippen molar-refractivity contribution in [3.8, 4) is 0 Å². The minimum absolute atomic E-state index is 0.00287. The average Bonchev–Trinajstić information content (AvgIpc) is 2.36. The number of allylic oxidation sites excluding steroid dienone is 1. The van der Waals surface area contributed by atoms with E-state index in [0.29, 0.717) is 11.5 Å². The van der Waals surface area contributed by atoms with Gasteiger partial charge in [-0.15, -0.1) is 0 Å². The third-order valence-electron chi connectivity index (χ3n) is 3.88. The van der Waals surface area contributed by atoms with Gasteiger partial charge in [0.2, 0.25) is 0 Å². The second kappa shape index (κ2) is 4.70. The van der Waals surface area contributed by atoms with Crippen LogP contribution in [0.5, 0.6) is 0 Å². The Morgan fingerprint density at radius 1 is 1.20 bits per heavy atom. The molecule has 0 radical (unpaired) electrons. The van der Waals surface area contributed by atoms with Crippen LogP contribution >= 0.6 is 12.2 Å². The van der Waals surface area contributed by atoms with Crippen LogP contribution in [0, 0.1) is 5.41 Å². The Morgan fingerprint density at radius 2 is 1.90 bits per heavy atom. The highest BCUT2D eigenvalue weighted by Gasteiger charge is 2.39. The minimum Gasteiger partial charge on any atom is -0.351 e. The zero-order valence-corrected chi connectivity index (χ0v) is 12.5. The van der Waals surface area contributed by atoms with Crippen molar-refractivity contribution in [2.24, 2.45) is 5.41 Å². The number of ketones is 1. The fourth-order valence-corrected chi connectivity index (χ4v) is 3.29. The second-order valence-electron chi connectivity index (χ2n) is 6.28. The van der Waals surface area contributed by atoms with Gasteiger partial charge in [-0.2, -0.15) is 0 Å². The van der Waals surface area contributed by atoms with Crippen molar-refractivity contribution in [3.05, 3.63) is 47.2 Å². The highest BCUT2D eigenvalue weighted by Crippen LogP contribution is 2.41. The average molecular weight is 286 g/mol. The molecule has 0 spiro atoms. The molecule has 3 nitrogen and oxygen atoms in total. The van der Waals surface area contributed by atoms with Crippen LogP contribution in [0.1, 0.15) is 38.3 Å². The van der Waals surface area contributed by atoms with Gasteiger partial charge in [-0.25, -0.2) is 0 Å². The fourth-order valence-electron chi connectivity index (χ4n) is 3.05. The molecular weight excluding hydrogens is 268 g/mol. The summed E-state index contributed by atoms with van der Waals surface area (Å²) in [5, 5.41) is 7.01. The standard InChI is InChI=1S/C16H18N2OS/c1-16(2)8-11-13(12(19)9-16)14(18-15(20)17-11)10-6-4-3-5-7-10/h3-7,14H,8-9H2,1-2H3,(H2,17,18,20)/t14-/m1/s1. The Morgan fingerprint density at radius 3 is 2.60 bits per heavy atom. The molecule has 2 N–H and O–H groups in total. The van der Waals surface area contributed by atoms with Gasteiger partial charge in [-0.3, -0.25) is 4.79 Å². The number of carbonyl (C=O) groups excluding carboxylic acids is 1. The van der Waals surface area contributed by atoms with Crippen molar-refractivity contribution < 1.29 is 4.79 Å². The Hall–Kier alpha value is -1.68. The first-order valence-corrected chi connectivity index (χ1v) is 7.26. The first-order valence-electron chi connectivity index (χ1n) is 6.85. The lowest BCUT2D eigenvalue weighted by Gasteiger charge is -2.39. The van der Waals surface area contributed by atoms with Gasteiger partial charge in [0.05, 0.1) is 6.04 Å². The van der Waals surface area contributed by atoms with Gasteiger partial charge in [0, 0.05) is 17.7 Å². The largest absolute Gasteiger partial charge is 0.351 e. The minimum atomic E-state index is -0.122. The number of benzene rings is 1. The Labute approximate surface area is 124 Å². The van der Waals surface area contributed by atoms with E-state index in [2.05, 4.69) is 24.5 Å². The molecule has 0 saturated heterocycles. The number of hydrogen-bond acceptors (Lipinski definition) is 2. The number of nitrogens with one attached hydrogen (secondary N) is 2. The molecule has 0 fully saturated rings. The molecule has 1 heterocycles. The predicted molar refractivity (Wildman–Crippen MR) is 83.1 cm³/mol. The van der Waals surface area contributed by atoms with E-state index in [9.17, 15) is 4.79 Å². The molecule has 1 aliphatic heterocycles. The van der Waals surface area contributed by atoms with Gasteiger partial charge < -0.3 is 10.6 Å². The van der Waals surface area contributed by atoms with E-state index in [1.165, 1.54) is 0 Å². The molecule has 104 valence electrons. The van der Waals surface area contributed by atoms with Crippen LogP contribution < -0.4 is 10.6 Å². The van der Waals surface area contributed by atoms with Gasteiger partial charge >= 0.3 is 0 Å². The van der Waals surface area contributed by atoms with Gasteiger partial charge in [0.15, 0.2) is 10.9 Å². The van der Waals surface area contributed by atoms with Gasteiger partial charge in [-0.1, -0.05) is 44.2 Å². The third kappa shape index (κ3) is 2.36. The SMILES string of the molecule is CC1(C)CC(=O)C2=C(C1)NC(=S)N[C@@H]2c1ccccc1. The molecule has 3 rings (SSSR count). The summed E-state index contributed by atoms with van der Waals surface area (Å²) in [5.41, 5.74) is 2.92. The Balaban J connectivity index is 2.07. The molecule has 0 saturated carbocycles. The molecule has 4 heteroatoms. The summed E-state index contributed by atoms with van der Waals surface area (Å²) in [5.74, 6) is 0.215. The summed E-state index contributed by atoms with van der Waals surface area (Å²) in [6, 6.07) is 9.89. The highest BCUT2D eigenvalue weighted by molar-refractivity contribution is 7.80. The molecule has 20 heavy (non-hydrogen) atoms. The quantitative estimate of drug-likeness (QED) is 0.779. The van der Waals surface area contributed by atoms with E-state index < -0.39 is 0 Å². The summed E-state index contributed by atoms with van der Waals surface area (Å²) in [7, 11) is 0. The second-order valence-corrected chi connectivity index (χ2v) is 6.68. The number of Topliss-reactive ketones (excluding diaryl/α,β-unsaturated/α-hetero) is 1. The van der Waals surface area contributed by atoms with Crippen LogP contribution in [0.25, 0.3) is 0 Å². The highest BCUT2D eigenvalue weighted by atomic mass is 32.1. The van der Waals surface area contributed by atoms with E-state index in [0.717, 1.165) is 23.3 Å². The Kier molecular flexibility index (Phi) is 3.13.